The number of hydrogen-bond acceptors (Lipinski definition) is 5. The van der Waals surface area contributed by atoms with Crippen LogP contribution in [-0.2, 0) is 0 Å². The van der Waals surface area contributed by atoms with Gasteiger partial charge in [0.2, 0.25) is 5.13 Å². The van der Waals surface area contributed by atoms with Crippen LogP contribution < -0.4 is 4.90 Å². The molecule has 0 radical (unpaired) electrons. The molecule has 1 N–H and O–H groups in total. The minimum absolute atomic E-state index is 0.217. The summed E-state index contributed by atoms with van der Waals surface area (Å²) in [5.41, 5.74) is 0. The second-order valence-electron chi connectivity index (χ2n) is 4.21. The zero-order valence-corrected chi connectivity index (χ0v) is 9.65. The Morgan fingerprint density at radius 2 is 2.19 bits per heavy atom. The third kappa shape index (κ3) is 1.47. The molecule has 0 spiro atoms. The van der Waals surface area contributed by atoms with Crippen molar-refractivity contribution in [3.8, 4) is 0 Å². The van der Waals surface area contributed by atoms with E-state index in [-0.39, 0.29) is 6.03 Å². The quantitative estimate of drug-likeness (QED) is 0.822. The molecule has 2 fully saturated rings. The van der Waals surface area contributed by atoms with Crippen LogP contribution >= 0.6 is 11.3 Å². The molecule has 1 unspecified atom stereocenters. The molecule has 2 amide bonds. The van der Waals surface area contributed by atoms with Gasteiger partial charge in [0.15, 0.2) is 6.23 Å². The molecule has 0 aromatic carbocycles. The topological polar surface area (TPSA) is 69.6 Å². The van der Waals surface area contributed by atoms with Crippen molar-refractivity contribution in [1.29, 1.82) is 0 Å². The number of nitrogens with zero attached hydrogens (tertiary/aromatic N) is 4. The van der Waals surface area contributed by atoms with Crippen molar-refractivity contribution in [3.05, 3.63) is 5.01 Å². The smallest absolute Gasteiger partial charge is 0.328 e. The highest BCUT2D eigenvalue weighted by Crippen LogP contribution is 2.43. The first-order valence-corrected chi connectivity index (χ1v) is 6.04. The summed E-state index contributed by atoms with van der Waals surface area (Å²) in [7, 11) is 1.66. The molecule has 1 aromatic heterocycles. The number of carbonyl (C=O) groups is 1. The molecule has 1 saturated carbocycles. The number of aliphatic hydroxyl groups excluding tert-OH is 1. The van der Waals surface area contributed by atoms with E-state index in [2.05, 4.69) is 10.2 Å². The first-order chi connectivity index (χ1) is 7.66. The Balaban J connectivity index is 1.87. The summed E-state index contributed by atoms with van der Waals surface area (Å²) in [6.07, 6.45) is 1.51. The lowest BCUT2D eigenvalue weighted by Crippen LogP contribution is -2.34. The SMILES string of the molecule is CN1CC(O)N(c2nnc(C3CC3)s2)C1=O. The number of likely N-dealkylation sites (N-methyl/N-ethyl adjacent to an activating group) is 1. The van der Waals surface area contributed by atoms with Crippen molar-refractivity contribution in [1.82, 2.24) is 15.1 Å². The van der Waals surface area contributed by atoms with Crippen molar-refractivity contribution >= 4 is 22.5 Å². The fourth-order valence-electron chi connectivity index (χ4n) is 1.74. The van der Waals surface area contributed by atoms with Gasteiger partial charge in [0.25, 0.3) is 0 Å². The van der Waals surface area contributed by atoms with Crippen molar-refractivity contribution < 1.29 is 9.90 Å². The lowest BCUT2D eigenvalue weighted by molar-refractivity contribution is 0.183. The number of anilines is 1. The zero-order valence-electron chi connectivity index (χ0n) is 8.83. The maximum absolute atomic E-state index is 11.7. The number of rotatable bonds is 2. The van der Waals surface area contributed by atoms with Crippen molar-refractivity contribution in [3.63, 3.8) is 0 Å². The van der Waals surface area contributed by atoms with Crippen LogP contribution in [-0.4, -0.2) is 46.1 Å². The largest absolute Gasteiger partial charge is 0.371 e. The van der Waals surface area contributed by atoms with Crippen LogP contribution in [0.15, 0.2) is 0 Å². The highest BCUT2D eigenvalue weighted by molar-refractivity contribution is 7.15. The lowest BCUT2D eigenvalue weighted by Gasteiger charge is -2.14. The summed E-state index contributed by atoms with van der Waals surface area (Å²) in [5, 5.41) is 19.3. The van der Waals surface area contributed by atoms with Crippen molar-refractivity contribution in [2.45, 2.75) is 25.0 Å². The van der Waals surface area contributed by atoms with Crippen molar-refractivity contribution in [2.75, 3.05) is 18.5 Å². The maximum Gasteiger partial charge on any atom is 0.328 e. The molecule has 16 heavy (non-hydrogen) atoms. The summed E-state index contributed by atoms with van der Waals surface area (Å²) in [6.45, 7) is 0.317. The molecule has 2 aliphatic rings. The van der Waals surface area contributed by atoms with Gasteiger partial charge in [-0.3, -0.25) is 0 Å². The number of urea groups is 1. The van der Waals surface area contributed by atoms with Crippen LogP contribution in [0.4, 0.5) is 9.93 Å². The number of amides is 2. The van der Waals surface area contributed by atoms with Gasteiger partial charge in [-0.05, 0) is 12.8 Å². The summed E-state index contributed by atoms with van der Waals surface area (Å²) in [6, 6.07) is -0.217. The van der Waals surface area contributed by atoms with Crippen molar-refractivity contribution in [2.24, 2.45) is 0 Å². The number of hydrogen-bond donors (Lipinski definition) is 1. The van der Waals surface area contributed by atoms with Crippen LogP contribution in [0.3, 0.4) is 0 Å². The van der Waals surface area contributed by atoms with Crippen LogP contribution in [0, 0.1) is 0 Å². The first-order valence-electron chi connectivity index (χ1n) is 5.22. The highest BCUT2D eigenvalue weighted by atomic mass is 32.1. The summed E-state index contributed by atoms with van der Waals surface area (Å²) in [4.78, 5) is 14.5. The maximum atomic E-state index is 11.7. The molecule has 7 heteroatoms. The van der Waals surface area contributed by atoms with E-state index >= 15 is 0 Å². The monoisotopic (exact) mass is 240 g/mol. The van der Waals surface area contributed by atoms with E-state index < -0.39 is 6.23 Å². The normalized spacial score (nSPS) is 25.6. The predicted molar refractivity (Wildman–Crippen MR) is 58.4 cm³/mol. The fraction of sp³-hybridized carbons (Fsp3) is 0.667. The van der Waals surface area contributed by atoms with Gasteiger partial charge in [0, 0.05) is 13.0 Å². The average Bonchev–Trinajstić information content (AvgIpc) is 2.93. The standard InChI is InChI=1S/C9H12N4O2S/c1-12-4-6(14)13(9(12)15)8-11-10-7(16-8)5-2-3-5/h5-6,14H,2-4H2,1H3. The summed E-state index contributed by atoms with van der Waals surface area (Å²) < 4.78 is 0. The van der Waals surface area contributed by atoms with Gasteiger partial charge in [-0.1, -0.05) is 11.3 Å². The number of β-amino-alcohol motifs (C(OH)–C–C–N with tert-alkyl or cyclic N) is 1. The minimum Gasteiger partial charge on any atom is -0.371 e. The Labute approximate surface area is 96.5 Å². The summed E-state index contributed by atoms with van der Waals surface area (Å²) in [5.74, 6) is 0.527. The molecule has 6 nitrogen and oxygen atoms in total. The first kappa shape index (κ1) is 9.98. The molecule has 1 aromatic rings. The molecular weight excluding hydrogens is 228 g/mol. The molecule has 1 aliphatic carbocycles. The second-order valence-corrected chi connectivity index (χ2v) is 5.20. The van der Waals surface area contributed by atoms with Crippen LogP contribution in [0.25, 0.3) is 0 Å². The van der Waals surface area contributed by atoms with Gasteiger partial charge < -0.3 is 10.0 Å². The second kappa shape index (κ2) is 3.39. The Hall–Kier alpha value is -1.21. The van der Waals surface area contributed by atoms with Gasteiger partial charge in [0.1, 0.15) is 5.01 Å². The minimum atomic E-state index is -0.808. The molecule has 3 rings (SSSR count). The van der Waals surface area contributed by atoms with Gasteiger partial charge in [-0.25, -0.2) is 9.69 Å². The van der Waals surface area contributed by atoms with E-state index in [4.69, 9.17) is 0 Å². The molecule has 1 aliphatic heterocycles. The highest BCUT2D eigenvalue weighted by Gasteiger charge is 2.38. The van der Waals surface area contributed by atoms with Gasteiger partial charge in [-0.15, -0.1) is 10.2 Å². The third-order valence-electron chi connectivity index (χ3n) is 2.83. The third-order valence-corrected chi connectivity index (χ3v) is 3.92. The molecular formula is C9H12N4O2S. The van der Waals surface area contributed by atoms with E-state index in [9.17, 15) is 9.90 Å². The van der Waals surface area contributed by atoms with E-state index in [0.29, 0.717) is 17.6 Å². The Bertz CT molecular complexity index is 431. The van der Waals surface area contributed by atoms with Crippen LogP contribution in [0.5, 0.6) is 0 Å². The number of aromatic nitrogens is 2. The van der Waals surface area contributed by atoms with Gasteiger partial charge in [-0.2, -0.15) is 0 Å². The Morgan fingerprint density at radius 3 is 2.75 bits per heavy atom. The van der Waals surface area contributed by atoms with Gasteiger partial charge in [0.05, 0.1) is 6.54 Å². The number of aliphatic hydroxyl groups is 1. The van der Waals surface area contributed by atoms with Crippen LogP contribution in [0.2, 0.25) is 0 Å². The van der Waals surface area contributed by atoms with E-state index in [1.165, 1.54) is 21.1 Å². The Kier molecular flexibility index (Phi) is 2.11. The molecule has 0 bridgehead atoms. The fourth-order valence-corrected chi connectivity index (χ4v) is 2.80. The molecule has 2 heterocycles. The predicted octanol–water partition coefficient (Wildman–Crippen LogP) is 0.606. The van der Waals surface area contributed by atoms with E-state index in [0.717, 1.165) is 17.8 Å². The van der Waals surface area contributed by atoms with E-state index in [1.807, 2.05) is 0 Å². The molecule has 1 atom stereocenters. The number of carbonyl (C=O) groups excluding carboxylic acids is 1. The van der Waals surface area contributed by atoms with Crippen LogP contribution in [0.1, 0.15) is 23.8 Å². The average molecular weight is 240 g/mol. The van der Waals surface area contributed by atoms with E-state index in [1.54, 1.807) is 7.05 Å². The summed E-state index contributed by atoms with van der Waals surface area (Å²) >= 11 is 1.41. The lowest BCUT2D eigenvalue weighted by atomic mass is 10.5. The molecule has 1 saturated heterocycles. The van der Waals surface area contributed by atoms with Gasteiger partial charge >= 0.3 is 6.03 Å². The zero-order chi connectivity index (χ0) is 11.3. The Morgan fingerprint density at radius 1 is 1.44 bits per heavy atom. The molecule has 86 valence electrons.